The van der Waals surface area contributed by atoms with Gasteiger partial charge in [0.15, 0.2) is 5.17 Å². The lowest BCUT2D eigenvalue weighted by molar-refractivity contribution is -0.121. The average molecular weight is 408 g/mol. The van der Waals surface area contributed by atoms with Crippen LogP contribution in [0.3, 0.4) is 0 Å². The highest BCUT2D eigenvalue weighted by Crippen LogP contribution is 2.48. The quantitative estimate of drug-likeness (QED) is 0.758. The molecular weight excluding hydrogens is 382 g/mol. The lowest BCUT2D eigenvalue weighted by Gasteiger charge is -2.36. The number of hydrogen-bond acceptors (Lipinski definition) is 6. The normalized spacial score (nSPS) is 23.9. The number of amides is 1. The largest absolute Gasteiger partial charge is 0.354 e. The van der Waals surface area contributed by atoms with Crippen molar-refractivity contribution in [3.8, 4) is 0 Å². The molecule has 2 aromatic rings. The first-order valence-electron chi connectivity index (χ1n) is 10.2. The van der Waals surface area contributed by atoms with Gasteiger partial charge in [-0.05, 0) is 62.3 Å². The Morgan fingerprint density at radius 3 is 2.66 bits per heavy atom. The number of carbonyl (C=O) groups excluding carboxylic acids is 1. The number of thioether (sulfide) groups is 1. The van der Waals surface area contributed by atoms with Gasteiger partial charge in [-0.2, -0.15) is 4.99 Å². The highest BCUT2D eigenvalue weighted by atomic mass is 32.2. The molecule has 1 fully saturated rings. The first kappa shape index (κ1) is 18.6. The average Bonchev–Trinajstić information content (AvgIpc) is 3.23. The van der Waals surface area contributed by atoms with Crippen molar-refractivity contribution in [2.75, 3.05) is 42.5 Å². The molecule has 0 spiro atoms. The second kappa shape index (κ2) is 7.46. The standard InChI is InChI=1S/C22H25N5OS/c1-22(20(28)24-21-27(22)17-7-2-3-8-18(17)29-21)10-6-12-25-13-15-26(16-14-25)19-9-4-5-11-23-19/h2-5,7-9,11H,6,10,12-16H2,1H3. The van der Waals surface area contributed by atoms with Crippen molar-refractivity contribution < 1.29 is 4.79 Å². The molecule has 150 valence electrons. The van der Waals surface area contributed by atoms with Gasteiger partial charge in [-0.1, -0.05) is 18.2 Å². The molecule has 4 heterocycles. The fraction of sp³-hybridized carbons (Fsp3) is 0.409. The predicted octanol–water partition coefficient (Wildman–Crippen LogP) is 3.25. The summed E-state index contributed by atoms with van der Waals surface area (Å²) in [7, 11) is 0. The molecule has 1 aromatic heterocycles. The van der Waals surface area contributed by atoms with E-state index in [1.165, 1.54) is 4.90 Å². The number of nitrogens with zero attached hydrogens (tertiary/aromatic N) is 5. The molecular formula is C22H25N5OS. The number of carbonyl (C=O) groups is 1. The Morgan fingerprint density at radius 1 is 1.07 bits per heavy atom. The molecule has 1 unspecified atom stereocenters. The Hall–Kier alpha value is -2.38. The van der Waals surface area contributed by atoms with Gasteiger partial charge in [0.2, 0.25) is 0 Å². The Kier molecular flexibility index (Phi) is 4.80. The lowest BCUT2D eigenvalue weighted by Crippen LogP contribution is -2.49. The number of benzene rings is 1. The fourth-order valence-electron chi connectivity index (χ4n) is 4.43. The molecule has 0 saturated carbocycles. The molecule has 1 atom stereocenters. The van der Waals surface area contributed by atoms with E-state index >= 15 is 0 Å². The van der Waals surface area contributed by atoms with E-state index in [1.807, 2.05) is 37.4 Å². The Labute approximate surface area is 175 Å². The summed E-state index contributed by atoms with van der Waals surface area (Å²) >= 11 is 1.61. The monoisotopic (exact) mass is 407 g/mol. The van der Waals surface area contributed by atoms with E-state index in [-0.39, 0.29) is 5.91 Å². The molecule has 0 bridgehead atoms. The first-order chi connectivity index (χ1) is 14.1. The van der Waals surface area contributed by atoms with Crippen molar-refractivity contribution >= 4 is 34.3 Å². The number of fused-ring (bicyclic) bond motifs is 3. The van der Waals surface area contributed by atoms with Crippen LogP contribution in [0.1, 0.15) is 19.8 Å². The van der Waals surface area contributed by atoms with Gasteiger partial charge in [-0.3, -0.25) is 9.69 Å². The van der Waals surface area contributed by atoms with Crippen LogP contribution in [0.25, 0.3) is 0 Å². The van der Waals surface area contributed by atoms with E-state index in [9.17, 15) is 4.79 Å². The number of anilines is 2. The minimum Gasteiger partial charge on any atom is -0.354 e. The zero-order valence-corrected chi connectivity index (χ0v) is 17.4. The van der Waals surface area contributed by atoms with Crippen LogP contribution in [0, 0.1) is 0 Å². The highest BCUT2D eigenvalue weighted by Gasteiger charge is 2.50. The minimum absolute atomic E-state index is 0.00512. The molecule has 6 nitrogen and oxygen atoms in total. The summed E-state index contributed by atoms with van der Waals surface area (Å²) in [5.41, 5.74) is 0.554. The summed E-state index contributed by atoms with van der Waals surface area (Å²) in [4.78, 5) is 29.7. The van der Waals surface area contributed by atoms with Gasteiger partial charge in [0.05, 0.1) is 5.69 Å². The molecule has 1 saturated heterocycles. The maximum absolute atomic E-state index is 12.7. The van der Waals surface area contributed by atoms with Crippen molar-refractivity contribution in [2.45, 2.75) is 30.2 Å². The van der Waals surface area contributed by atoms with Crippen molar-refractivity contribution in [2.24, 2.45) is 4.99 Å². The number of para-hydroxylation sites is 1. The number of rotatable bonds is 5. The van der Waals surface area contributed by atoms with Gasteiger partial charge >= 0.3 is 0 Å². The number of pyridine rings is 1. The Bertz CT molecular complexity index is 941. The smallest absolute Gasteiger partial charge is 0.274 e. The van der Waals surface area contributed by atoms with Crippen LogP contribution in [-0.2, 0) is 4.79 Å². The third-order valence-corrected chi connectivity index (χ3v) is 7.16. The second-order valence-corrected chi connectivity index (χ2v) is 9.01. The number of piperazine rings is 1. The summed E-state index contributed by atoms with van der Waals surface area (Å²) < 4.78 is 0. The number of hydrogen-bond donors (Lipinski definition) is 0. The van der Waals surface area contributed by atoms with Gasteiger partial charge in [0.1, 0.15) is 11.4 Å². The molecule has 7 heteroatoms. The zero-order valence-electron chi connectivity index (χ0n) is 16.6. The van der Waals surface area contributed by atoms with Crippen LogP contribution in [0.2, 0.25) is 0 Å². The highest BCUT2D eigenvalue weighted by molar-refractivity contribution is 8.14. The van der Waals surface area contributed by atoms with E-state index in [4.69, 9.17) is 0 Å². The maximum atomic E-state index is 12.7. The topological polar surface area (TPSA) is 52.0 Å². The molecule has 0 N–H and O–H groups in total. The van der Waals surface area contributed by atoms with Crippen molar-refractivity contribution in [1.82, 2.24) is 9.88 Å². The van der Waals surface area contributed by atoms with E-state index in [0.29, 0.717) is 0 Å². The summed E-state index contributed by atoms with van der Waals surface area (Å²) in [5, 5.41) is 0.836. The van der Waals surface area contributed by atoms with Gasteiger partial charge in [0, 0.05) is 37.3 Å². The van der Waals surface area contributed by atoms with Crippen LogP contribution in [0.4, 0.5) is 11.5 Å². The van der Waals surface area contributed by atoms with E-state index in [2.05, 4.69) is 42.9 Å². The SMILES string of the molecule is CC1(CCCN2CCN(c3ccccn3)CC2)C(=O)N=C2Sc3ccccc3N21. The third kappa shape index (κ3) is 3.32. The van der Waals surface area contributed by atoms with Crippen LogP contribution < -0.4 is 9.80 Å². The van der Waals surface area contributed by atoms with Crippen molar-refractivity contribution in [1.29, 1.82) is 0 Å². The number of aromatic nitrogens is 1. The lowest BCUT2D eigenvalue weighted by atomic mass is 9.93. The van der Waals surface area contributed by atoms with Gasteiger partial charge < -0.3 is 9.80 Å². The number of aliphatic imine (C=N–C) groups is 1. The van der Waals surface area contributed by atoms with Gasteiger partial charge in [0.25, 0.3) is 5.91 Å². The van der Waals surface area contributed by atoms with E-state index in [0.717, 1.165) is 62.2 Å². The van der Waals surface area contributed by atoms with Crippen LogP contribution in [0.15, 0.2) is 58.5 Å². The van der Waals surface area contributed by atoms with Crippen LogP contribution >= 0.6 is 11.8 Å². The third-order valence-electron chi connectivity index (χ3n) is 6.13. The van der Waals surface area contributed by atoms with Crippen LogP contribution in [-0.4, -0.2) is 59.2 Å². The van der Waals surface area contributed by atoms with E-state index < -0.39 is 5.54 Å². The number of amidine groups is 1. The van der Waals surface area contributed by atoms with Crippen molar-refractivity contribution in [3.05, 3.63) is 48.7 Å². The zero-order chi connectivity index (χ0) is 19.8. The summed E-state index contributed by atoms with van der Waals surface area (Å²) in [6.07, 6.45) is 3.65. The Balaban J connectivity index is 1.18. The summed E-state index contributed by atoms with van der Waals surface area (Å²) in [6.45, 7) is 7.12. The van der Waals surface area contributed by atoms with Gasteiger partial charge in [-0.15, -0.1) is 0 Å². The molecule has 0 aliphatic carbocycles. The molecule has 0 radical (unpaired) electrons. The predicted molar refractivity (Wildman–Crippen MR) is 118 cm³/mol. The fourth-order valence-corrected chi connectivity index (χ4v) is 5.56. The summed E-state index contributed by atoms with van der Waals surface area (Å²) in [5.74, 6) is 1.06. The molecule has 3 aliphatic rings. The minimum atomic E-state index is -0.565. The maximum Gasteiger partial charge on any atom is 0.274 e. The molecule has 29 heavy (non-hydrogen) atoms. The summed E-state index contributed by atoms with van der Waals surface area (Å²) in [6, 6.07) is 14.3. The molecule has 5 rings (SSSR count). The molecule has 3 aliphatic heterocycles. The second-order valence-electron chi connectivity index (χ2n) is 8.00. The van der Waals surface area contributed by atoms with E-state index in [1.54, 1.807) is 11.8 Å². The van der Waals surface area contributed by atoms with Gasteiger partial charge in [-0.25, -0.2) is 4.98 Å². The molecule has 1 aromatic carbocycles. The van der Waals surface area contributed by atoms with Crippen molar-refractivity contribution in [3.63, 3.8) is 0 Å². The Morgan fingerprint density at radius 2 is 1.86 bits per heavy atom. The van der Waals surface area contributed by atoms with Crippen LogP contribution in [0.5, 0.6) is 0 Å². The molecule has 1 amide bonds. The first-order valence-corrected chi connectivity index (χ1v) is 11.1.